The predicted octanol–water partition coefficient (Wildman–Crippen LogP) is 1.88. The van der Waals surface area contributed by atoms with Crippen LogP contribution >= 0.6 is 0 Å². The number of hydrogen-bond donors (Lipinski definition) is 2. The van der Waals surface area contributed by atoms with Gasteiger partial charge in [-0.3, -0.25) is 9.69 Å². The lowest BCUT2D eigenvalue weighted by Gasteiger charge is -2.26. The van der Waals surface area contributed by atoms with Crippen LogP contribution in [0.1, 0.15) is 23.6 Å². The van der Waals surface area contributed by atoms with Crippen molar-refractivity contribution in [1.82, 2.24) is 4.90 Å². The molecule has 1 rings (SSSR count). The maximum atomic E-state index is 12.4. The minimum atomic E-state index is -0.604. The molecule has 0 saturated heterocycles. The standard InChI is InChI=1S/C17H28N2O3/c1-11-7-12(2)16(13(3)8-11)18-17(21)14(4)19(5)9-15(20)10-22-6/h7-8,14-15,20H,9-10H2,1-6H3,(H,18,21). The Hall–Kier alpha value is -1.43. The van der Waals surface area contributed by atoms with Gasteiger partial charge in [0, 0.05) is 19.3 Å². The summed E-state index contributed by atoms with van der Waals surface area (Å²) in [7, 11) is 3.36. The molecule has 0 aromatic heterocycles. The number of methoxy groups -OCH3 is 1. The van der Waals surface area contributed by atoms with Gasteiger partial charge in [-0.2, -0.15) is 0 Å². The van der Waals surface area contributed by atoms with E-state index < -0.39 is 6.10 Å². The second-order valence-corrected chi connectivity index (χ2v) is 5.99. The number of likely N-dealkylation sites (N-methyl/N-ethyl adjacent to an activating group) is 1. The van der Waals surface area contributed by atoms with Crippen molar-refractivity contribution in [2.75, 3.05) is 32.6 Å². The smallest absolute Gasteiger partial charge is 0.241 e. The molecule has 0 saturated carbocycles. The average Bonchev–Trinajstić information content (AvgIpc) is 2.41. The third-order valence-corrected chi connectivity index (χ3v) is 3.82. The van der Waals surface area contributed by atoms with Gasteiger partial charge in [-0.15, -0.1) is 0 Å². The van der Waals surface area contributed by atoms with Crippen LogP contribution < -0.4 is 5.32 Å². The molecule has 0 bridgehead atoms. The number of aliphatic hydroxyl groups is 1. The molecule has 1 aromatic rings. The van der Waals surface area contributed by atoms with Gasteiger partial charge in [0.15, 0.2) is 0 Å². The first-order valence-corrected chi connectivity index (χ1v) is 7.52. The van der Waals surface area contributed by atoms with Crippen LogP contribution in [-0.2, 0) is 9.53 Å². The number of anilines is 1. The lowest BCUT2D eigenvalue weighted by atomic mass is 10.0. The van der Waals surface area contributed by atoms with E-state index >= 15 is 0 Å². The maximum absolute atomic E-state index is 12.4. The summed E-state index contributed by atoms with van der Waals surface area (Å²) in [5, 5.41) is 12.8. The fourth-order valence-corrected chi connectivity index (χ4v) is 2.54. The van der Waals surface area contributed by atoms with E-state index in [9.17, 15) is 9.90 Å². The second kappa shape index (κ2) is 8.27. The van der Waals surface area contributed by atoms with E-state index in [0.29, 0.717) is 6.54 Å². The molecule has 0 aliphatic heterocycles. The van der Waals surface area contributed by atoms with E-state index in [0.717, 1.165) is 16.8 Å². The van der Waals surface area contributed by atoms with Gasteiger partial charge in [-0.25, -0.2) is 0 Å². The predicted molar refractivity (Wildman–Crippen MR) is 89.3 cm³/mol. The van der Waals surface area contributed by atoms with E-state index in [1.165, 1.54) is 5.56 Å². The molecule has 1 amide bonds. The Kier molecular flexibility index (Phi) is 7.00. The third-order valence-electron chi connectivity index (χ3n) is 3.82. The normalized spacial score (nSPS) is 14.0. The van der Waals surface area contributed by atoms with Crippen molar-refractivity contribution in [2.45, 2.75) is 39.8 Å². The van der Waals surface area contributed by atoms with Gasteiger partial charge in [0.2, 0.25) is 5.91 Å². The van der Waals surface area contributed by atoms with Gasteiger partial charge in [-0.05, 0) is 45.9 Å². The van der Waals surface area contributed by atoms with Gasteiger partial charge in [0.25, 0.3) is 0 Å². The minimum absolute atomic E-state index is 0.0813. The van der Waals surface area contributed by atoms with Gasteiger partial charge < -0.3 is 15.2 Å². The van der Waals surface area contributed by atoms with E-state index in [2.05, 4.69) is 17.4 Å². The third kappa shape index (κ3) is 5.09. The Labute approximate surface area is 133 Å². The topological polar surface area (TPSA) is 61.8 Å². The highest BCUT2D eigenvalue weighted by molar-refractivity contribution is 5.95. The largest absolute Gasteiger partial charge is 0.389 e. The first kappa shape index (κ1) is 18.6. The van der Waals surface area contributed by atoms with Gasteiger partial charge in [0.05, 0.1) is 18.8 Å². The zero-order valence-electron chi connectivity index (χ0n) is 14.4. The highest BCUT2D eigenvalue weighted by Gasteiger charge is 2.21. The second-order valence-electron chi connectivity index (χ2n) is 5.99. The number of carbonyl (C=O) groups excluding carboxylic acids is 1. The number of nitrogens with zero attached hydrogens (tertiary/aromatic N) is 1. The molecule has 124 valence electrons. The van der Waals surface area contributed by atoms with Crippen molar-refractivity contribution in [3.8, 4) is 0 Å². The SMILES string of the molecule is COCC(O)CN(C)C(C)C(=O)Nc1c(C)cc(C)cc1C. The number of nitrogens with one attached hydrogen (secondary N) is 1. The fraction of sp³-hybridized carbons (Fsp3) is 0.588. The molecule has 5 heteroatoms. The number of benzene rings is 1. The summed E-state index contributed by atoms with van der Waals surface area (Å²) in [6.45, 7) is 8.49. The van der Waals surface area contributed by atoms with E-state index in [-0.39, 0.29) is 18.6 Å². The fourth-order valence-electron chi connectivity index (χ4n) is 2.54. The molecule has 0 spiro atoms. The first-order valence-electron chi connectivity index (χ1n) is 7.52. The number of hydrogen-bond acceptors (Lipinski definition) is 4. The summed E-state index contributed by atoms with van der Waals surface area (Å²) in [4.78, 5) is 14.2. The molecule has 5 nitrogen and oxygen atoms in total. The number of ether oxygens (including phenoxy) is 1. The Morgan fingerprint density at radius 3 is 2.36 bits per heavy atom. The zero-order valence-corrected chi connectivity index (χ0v) is 14.4. The van der Waals surface area contributed by atoms with E-state index in [4.69, 9.17) is 4.74 Å². The molecule has 1 aromatic carbocycles. The van der Waals surface area contributed by atoms with E-state index in [1.807, 2.05) is 39.6 Å². The number of amides is 1. The highest BCUT2D eigenvalue weighted by Crippen LogP contribution is 2.22. The van der Waals surface area contributed by atoms with Crippen molar-refractivity contribution in [1.29, 1.82) is 0 Å². The van der Waals surface area contributed by atoms with Crippen molar-refractivity contribution < 1.29 is 14.6 Å². The van der Waals surface area contributed by atoms with Crippen molar-refractivity contribution >= 4 is 11.6 Å². The molecule has 0 fully saturated rings. The number of aliphatic hydroxyl groups excluding tert-OH is 1. The van der Waals surface area contributed by atoms with Crippen LogP contribution in [0.4, 0.5) is 5.69 Å². The lowest BCUT2D eigenvalue weighted by molar-refractivity contribution is -0.120. The summed E-state index contributed by atoms with van der Waals surface area (Å²) in [5.41, 5.74) is 4.16. The summed E-state index contributed by atoms with van der Waals surface area (Å²) in [6, 6.07) is 3.77. The van der Waals surface area contributed by atoms with E-state index in [1.54, 1.807) is 7.11 Å². The van der Waals surface area contributed by atoms with Crippen LogP contribution in [0.3, 0.4) is 0 Å². The highest BCUT2D eigenvalue weighted by atomic mass is 16.5. The Bertz CT molecular complexity index is 494. The van der Waals surface area contributed by atoms with Crippen LogP contribution in [0.25, 0.3) is 0 Å². The molecular formula is C17H28N2O3. The molecular weight excluding hydrogens is 280 g/mol. The molecule has 22 heavy (non-hydrogen) atoms. The molecule has 0 aliphatic carbocycles. The summed E-state index contributed by atoms with van der Waals surface area (Å²) >= 11 is 0. The summed E-state index contributed by atoms with van der Waals surface area (Å²) in [6.07, 6.45) is -0.604. The summed E-state index contributed by atoms with van der Waals surface area (Å²) in [5.74, 6) is -0.0813. The molecule has 2 N–H and O–H groups in total. The molecule has 2 atom stereocenters. The molecule has 0 heterocycles. The van der Waals surface area contributed by atoms with Gasteiger partial charge >= 0.3 is 0 Å². The lowest BCUT2D eigenvalue weighted by Crippen LogP contribution is -2.44. The molecule has 2 unspecified atom stereocenters. The van der Waals surface area contributed by atoms with Crippen LogP contribution in [0.15, 0.2) is 12.1 Å². The van der Waals surface area contributed by atoms with Crippen LogP contribution in [0.2, 0.25) is 0 Å². The first-order chi connectivity index (χ1) is 10.3. The number of rotatable bonds is 7. The Morgan fingerprint density at radius 1 is 1.32 bits per heavy atom. The molecule has 0 aliphatic rings. The Balaban J connectivity index is 2.72. The van der Waals surface area contributed by atoms with Crippen LogP contribution in [0.5, 0.6) is 0 Å². The average molecular weight is 308 g/mol. The summed E-state index contributed by atoms with van der Waals surface area (Å²) < 4.78 is 4.91. The van der Waals surface area contributed by atoms with Crippen molar-refractivity contribution in [3.63, 3.8) is 0 Å². The zero-order chi connectivity index (χ0) is 16.9. The van der Waals surface area contributed by atoms with Gasteiger partial charge in [0.1, 0.15) is 0 Å². The van der Waals surface area contributed by atoms with Crippen LogP contribution in [-0.4, -0.2) is 55.4 Å². The Morgan fingerprint density at radius 2 is 1.86 bits per heavy atom. The molecule has 0 radical (unpaired) electrons. The quantitative estimate of drug-likeness (QED) is 0.807. The van der Waals surface area contributed by atoms with Crippen molar-refractivity contribution in [3.05, 3.63) is 28.8 Å². The van der Waals surface area contributed by atoms with Crippen molar-refractivity contribution in [2.24, 2.45) is 0 Å². The van der Waals surface area contributed by atoms with Gasteiger partial charge in [-0.1, -0.05) is 17.7 Å². The number of carbonyl (C=O) groups is 1. The van der Waals surface area contributed by atoms with Crippen LogP contribution in [0, 0.1) is 20.8 Å². The monoisotopic (exact) mass is 308 g/mol. The minimum Gasteiger partial charge on any atom is -0.389 e. The number of aryl methyl sites for hydroxylation is 3. The maximum Gasteiger partial charge on any atom is 0.241 e.